The van der Waals surface area contributed by atoms with Crippen LogP contribution in [-0.2, 0) is 0 Å². The lowest BCUT2D eigenvalue weighted by Crippen LogP contribution is -2.22. The Labute approximate surface area is 98.6 Å². The van der Waals surface area contributed by atoms with Gasteiger partial charge in [-0.1, -0.05) is 15.9 Å². The second-order valence-corrected chi connectivity index (χ2v) is 4.17. The van der Waals surface area contributed by atoms with Gasteiger partial charge >= 0.3 is 0 Å². The van der Waals surface area contributed by atoms with E-state index in [4.69, 9.17) is 11.6 Å². The first-order valence-corrected chi connectivity index (χ1v) is 5.36. The Morgan fingerprint density at radius 2 is 1.73 bits per heavy atom. The highest BCUT2D eigenvalue weighted by Crippen LogP contribution is 2.27. The zero-order chi connectivity index (χ0) is 11.6. The van der Waals surface area contributed by atoms with E-state index in [0.29, 0.717) is 0 Å². The second kappa shape index (κ2) is 5.21. The first-order chi connectivity index (χ1) is 6.97. The molecular formula is C9H8BrClF2O2. The third-order valence-electron chi connectivity index (χ3n) is 1.86. The van der Waals surface area contributed by atoms with Crippen LogP contribution in [0.15, 0.2) is 16.6 Å². The lowest BCUT2D eigenvalue weighted by atomic mass is 10.0. The molecule has 0 saturated carbocycles. The van der Waals surface area contributed by atoms with Crippen molar-refractivity contribution in [1.82, 2.24) is 0 Å². The predicted octanol–water partition coefficient (Wildman–Crippen LogP) is 2.36. The molecule has 0 bridgehead atoms. The molecule has 0 radical (unpaired) electrons. The van der Waals surface area contributed by atoms with E-state index in [-0.39, 0.29) is 10.4 Å². The summed E-state index contributed by atoms with van der Waals surface area (Å²) >= 11 is 8.17. The monoisotopic (exact) mass is 300 g/mol. The number of hydrogen-bond donors (Lipinski definition) is 2. The van der Waals surface area contributed by atoms with Gasteiger partial charge in [-0.3, -0.25) is 0 Å². The molecule has 0 aromatic heterocycles. The maximum atomic E-state index is 13.3. The average Bonchev–Trinajstić information content (AvgIpc) is 2.14. The summed E-state index contributed by atoms with van der Waals surface area (Å²) in [6.07, 6.45) is -3.08. The molecule has 2 atom stereocenters. The Morgan fingerprint density at radius 1 is 1.27 bits per heavy atom. The molecule has 0 spiro atoms. The number of alkyl halides is 1. The smallest absolute Gasteiger partial charge is 0.133 e. The van der Waals surface area contributed by atoms with Gasteiger partial charge in [0.05, 0.1) is 17.5 Å². The van der Waals surface area contributed by atoms with Gasteiger partial charge in [-0.25, -0.2) is 8.78 Å². The lowest BCUT2D eigenvalue weighted by molar-refractivity contribution is 0.0280. The maximum Gasteiger partial charge on any atom is 0.133 e. The minimum Gasteiger partial charge on any atom is -0.389 e. The summed E-state index contributed by atoms with van der Waals surface area (Å²) in [6, 6.07) is 2.01. The molecule has 1 aromatic carbocycles. The van der Waals surface area contributed by atoms with E-state index < -0.39 is 29.4 Å². The number of aliphatic hydroxyl groups is 2. The minimum atomic E-state index is -1.67. The highest BCUT2D eigenvalue weighted by molar-refractivity contribution is 9.10. The number of benzene rings is 1. The van der Waals surface area contributed by atoms with Crippen molar-refractivity contribution >= 4 is 27.5 Å². The van der Waals surface area contributed by atoms with Crippen LogP contribution in [0.3, 0.4) is 0 Å². The average molecular weight is 302 g/mol. The van der Waals surface area contributed by atoms with Crippen molar-refractivity contribution in [2.45, 2.75) is 12.2 Å². The van der Waals surface area contributed by atoms with E-state index in [0.717, 1.165) is 12.1 Å². The van der Waals surface area contributed by atoms with Crippen LogP contribution in [-0.4, -0.2) is 22.2 Å². The first-order valence-electron chi connectivity index (χ1n) is 4.04. The molecule has 0 aliphatic carbocycles. The molecule has 6 heteroatoms. The quantitative estimate of drug-likeness (QED) is 0.842. The Balaban J connectivity index is 3.13. The van der Waals surface area contributed by atoms with Crippen molar-refractivity contribution in [2.24, 2.45) is 0 Å². The molecule has 2 N–H and O–H groups in total. The van der Waals surface area contributed by atoms with E-state index in [2.05, 4.69) is 15.9 Å². The van der Waals surface area contributed by atoms with Crippen molar-refractivity contribution in [2.75, 3.05) is 5.88 Å². The third-order valence-corrected chi connectivity index (χ3v) is 2.64. The van der Waals surface area contributed by atoms with Crippen LogP contribution in [0.5, 0.6) is 0 Å². The number of halogens is 4. The van der Waals surface area contributed by atoms with E-state index in [9.17, 15) is 19.0 Å². The molecular weight excluding hydrogens is 293 g/mol. The van der Waals surface area contributed by atoms with Gasteiger partial charge in [0.1, 0.15) is 17.7 Å². The summed E-state index contributed by atoms with van der Waals surface area (Å²) in [5.74, 6) is -2.17. The van der Waals surface area contributed by atoms with Crippen LogP contribution >= 0.6 is 27.5 Å². The fourth-order valence-electron chi connectivity index (χ4n) is 1.11. The largest absolute Gasteiger partial charge is 0.389 e. The zero-order valence-electron chi connectivity index (χ0n) is 7.42. The van der Waals surface area contributed by atoms with Crippen molar-refractivity contribution < 1.29 is 19.0 Å². The Bertz CT molecular complexity index is 339. The molecule has 1 aromatic rings. The molecule has 0 amide bonds. The highest BCUT2D eigenvalue weighted by Gasteiger charge is 2.24. The maximum absolute atomic E-state index is 13.3. The standard InChI is InChI=1S/C9H8BrClF2O2/c10-4-1-5(12)8(6(13)2-4)9(15)7(14)3-11/h1-2,7,9,14-15H,3H2. The molecule has 2 nitrogen and oxygen atoms in total. The van der Waals surface area contributed by atoms with Crippen molar-refractivity contribution in [3.05, 3.63) is 33.8 Å². The fourth-order valence-corrected chi connectivity index (χ4v) is 1.68. The van der Waals surface area contributed by atoms with Gasteiger partial charge in [-0.05, 0) is 12.1 Å². The molecule has 0 aliphatic rings. The van der Waals surface area contributed by atoms with Crippen molar-refractivity contribution in [3.8, 4) is 0 Å². The van der Waals surface area contributed by atoms with Gasteiger partial charge < -0.3 is 10.2 Å². The van der Waals surface area contributed by atoms with Crippen LogP contribution in [0.2, 0.25) is 0 Å². The number of hydrogen-bond acceptors (Lipinski definition) is 2. The van der Waals surface area contributed by atoms with Gasteiger partial charge in [0.15, 0.2) is 0 Å². The van der Waals surface area contributed by atoms with E-state index >= 15 is 0 Å². The summed E-state index contributed by atoms with van der Waals surface area (Å²) in [4.78, 5) is 0. The van der Waals surface area contributed by atoms with Gasteiger partial charge in [0.25, 0.3) is 0 Å². The van der Waals surface area contributed by atoms with Crippen molar-refractivity contribution in [1.29, 1.82) is 0 Å². The van der Waals surface area contributed by atoms with Gasteiger partial charge in [0.2, 0.25) is 0 Å². The first kappa shape index (κ1) is 12.8. The Morgan fingerprint density at radius 3 is 2.13 bits per heavy atom. The summed E-state index contributed by atoms with van der Waals surface area (Å²) in [5, 5.41) is 18.6. The molecule has 0 saturated heterocycles. The van der Waals surface area contributed by atoms with Crippen LogP contribution in [0.4, 0.5) is 8.78 Å². The topological polar surface area (TPSA) is 40.5 Å². The van der Waals surface area contributed by atoms with Gasteiger partial charge in [-0.2, -0.15) is 0 Å². The summed E-state index contributed by atoms with van der Waals surface area (Å²) in [5.41, 5.74) is -0.577. The Kier molecular flexibility index (Phi) is 4.45. The van der Waals surface area contributed by atoms with Crippen LogP contribution < -0.4 is 0 Å². The summed E-state index contributed by atoms with van der Waals surface area (Å²) in [6.45, 7) is 0. The van der Waals surface area contributed by atoms with E-state index in [1.54, 1.807) is 0 Å². The van der Waals surface area contributed by atoms with E-state index in [1.165, 1.54) is 0 Å². The molecule has 1 rings (SSSR count). The van der Waals surface area contributed by atoms with Crippen LogP contribution in [0.1, 0.15) is 11.7 Å². The van der Waals surface area contributed by atoms with Gasteiger partial charge in [-0.15, -0.1) is 11.6 Å². The summed E-state index contributed by atoms with van der Waals surface area (Å²) in [7, 11) is 0. The lowest BCUT2D eigenvalue weighted by Gasteiger charge is -2.17. The number of rotatable bonds is 3. The molecule has 2 unspecified atom stereocenters. The third kappa shape index (κ3) is 2.87. The highest BCUT2D eigenvalue weighted by atomic mass is 79.9. The minimum absolute atomic E-state index is 0.216. The second-order valence-electron chi connectivity index (χ2n) is 2.95. The molecule has 0 heterocycles. The van der Waals surface area contributed by atoms with Crippen molar-refractivity contribution in [3.63, 3.8) is 0 Å². The molecule has 0 aliphatic heterocycles. The molecule has 0 fully saturated rings. The zero-order valence-corrected chi connectivity index (χ0v) is 9.76. The predicted molar refractivity (Wildman–Crippen MR) is 55.7 cm³/mol. The van der Waals surface area contributed by atoms with Crippen LogP contribution in [0.25, 0.3) is 0 Å². The molecule has 15 heavy (non-hydrogen) atoms. The normalized spacial score (nSPS) is 15.1. The summed E-state index contributed by atoms with van der Waals surface area (Å²) < 4.78 is 26.8. The fraction of sp³-hybridized carbons (Fsp3) is 0.333. The van der Waals surface area contributed by atoms with Gasteiger partial charge in [0, 0.05) is 4.47 Å². The number of aliphatic hydroxyl groups excluding tert-OH is 2. The SMILES string of the molecule is OC(CCl)C(O)c1c(F)cc(Br)cc1F. The molecule has 84 valence electrons. The van der Waals surface area contributed by atoms with Crippen LogP contribution in [0, 0.1) is 11.6 Å². The van der Waals surface area contributed by atoms with E-state index in [1.807, 2.05) is 0 Å². The Hall–Kier alpha value is -0.230.